The Balaban J connectivity index is 1.48. The third-order valence-electron chi connectivity index (χ3n) is 7.42. The van der Waals surface area contributed by atoms with Gasteiger partial charge in [-0.25, -0.2) is 0 Å². The van der Waals surface area contributed by atoms with Gasteiger partial charge in [0, 0.05) is 5.57 Å². The lowest BCUT2D eigenvalue weighted by atomic mass is 9.70. The minimum Gasteiger partial charge on any atom is -0.365 e. The average molecular weight is 433 g/mol. The summed E-state index contributed by atoms with van der Waals surface area (Å²) in [5.41, 5.74) is 4.48. The molecule has 5 nitrogen and oxygen atoms in total. The highest BCUT2D eigenvalue weighted by atomic mass is 16.7. The summed E-state index contributed by atoms with van der Waals surface area (Å²) in [5, 5.41) is 29.7. The Hall–Kier alpha value is -1.24. The van der Waals surface area contributed by atoms with Crippen molar-refractivity contribution in [1.29, 1.82) is 0 Å². The molecule has 5 unspecified atom stereocenters. The van der Waals surface area contributed by atoms with E-state index in [1.54, 1.807) is 0 Å². The maximum atomic E-state index is 10.4. The maximum absolute atomic E-state index is 10.4. The van der Waals surface area contributed by atoms with Gasteiger partial charge in [0.05, 0.1) is 6.10 Å². The monoisotopic (exact) mass is 432 g/mol. The molecule has 0 aromatic rings. The van der Waals surface area contributed by atoms with E-state index in [1.165, 1.54) is 42.9 Å². The third-order valence-corrected chi connectivity index (χ3v) is 7.42. The molecule has 1 saturated carbocycles. The lowest BCUT2D eigenvalue weighted by Crippen LogP contribution is -2.32. The van der Waals surface area contributed by atoms with Crippen LogP contribution in [0.25, 0.3) is 0 Å². The fourth-order valence-corrected chi connectivity index (χ4v) is 5.53. The molecule has 5 heteroatoms. The van der Waals surface area contributed by atoms with Crippen molar-refractivity contribution in [3.63, 3.8) is 0 Å². The first kappa shape index (κ1) is 24.4. The molecule has 1 fully saturated rings. The standard InChI is InChI=1S/C26H40O5/c1-17(2)16-26(13-6-8-19(26)4)14-12-18(3)7-5-9-20-10-11-22(30-24(20)28)21-15-23(27)31-25(21)29/h7,10,15,19,22-25,27-29H,1,5-6,8-9,11-14,16H2,2-4H3/b18-7+/t19-,22?,23?,24?,25?,26?/m1/s1. The van der Waals surface area contributed by atoms with Gasteiger partial charge in [-0.05, 0) is 81.8 Å². The van der Waals surface area contributed by atoms with E-state index in [4.69, 9.17) is 9.47 Å². The molecule has 3 N–H and O–H groups in total. The summed E-state index contributed by atoms with van der Waals surface area (Å²) in [6, 6.07) is 0. The summed E-state index contributed by atoms with van der Waals surface area (Å²) in [6.45, 7) is 11.0. The van der Waals surface area contributed by atoms with Gasteiger partial charge in [-0.15, -0.1) is 6.58 Å². The van der Waals surface area contributed by atoms with Gasteiger partial charge in [-0.1, -0.05) is 43.1 Å². The first-order chi connectivity index (χ1) is 14.7. The molecule has 6 atom stereocenters. The lowest BCUT2D eigenvalue weighted by Gasteiger charge is -2.34. The fraction of sp³-hybridized carbons (Fsp3) is 0.692. The Morgan fingerprint density at radius 3 is 2.58 bits per heavy atom. The molecule has 1 aliphatic carbocycles. The summed E-state index contributed by atoms with van der Waals surface area (Å²) in [5.74, 6) is 0.768. The molecule has 2 aliphatic heterocycles. The number of aliphatic hydroxyl groups excluding tert-OH is 3. The van der Waals surface area contributed by atoms with E-state index in [-0.39, 0.29) is 0 Å². The second-order valence-electron chi connectivity index (χ2n) is 9.92. The highest BCUT2D eigenvalue weighted by molar-refractivity contribution is 5.22. The molecule has 0 aromatic carbocycles. The van der Waals surface area contributed by atoms with Crippen LogP contribution in [0.5, 0.6) is 0 Å². The summed E-state index contributed by atoms with van der Waals surface area (Å²) in [7, 11) is 0. The van der Waals surface area contributed by atoms with Crippen molar-refractivity contribution >= 4 is 0 Å². The van der Waals surface area contributed by atoms with E-state index in [0.717, 1.165) is 37.2 Å². The van der Waals surface area contributed by atoms with Crippen LogP contribution >= 0.6 is 0 Å². The zero-order chi connectivity index (χ0) is 22.6. The summed E-state index contributed by atoms with van der Waals surface area (Å²) in [4.78, 5) is 0. The van der Waals surface area contributed by atoms with E-state index in [2.05, 4.69) is 33.4 Å². The average Bonchev–Trinajstić information content (AvgIpc) is 3.22. The van der Waals surface area contributed by atoms with Crippen molar-refractivity contribution in [1.82, 2.24) is 0 Å². The Bertz CT molecular complexity index is 736. The van der Waals surface area contributed by atoms with Crippen LogP contribution in [0.15, 0.2) is 47.1 Å². The van der Waals surface area contributed by atoms with Crippen molar-refractivity contribution in [3.8, 4) is 0 Å². The van der Waals surface area contributed by atoms with Gasteiger partial charge < -0.3 is 24.8 Å². The topological polar surface area (TPSA) is 79.2 Å². The highest BCUT2D eigenvalue weighted by Crippen LogP contribution is 2.51. The molecule has 0 spiro atoms. The number of aliphatic hydroxyl groups is 3. The summed E-state index contributed by atoms with van der Waals surface area (Å²) < 4.78 is 10.6. The molecule has 2 heterocycles. The van der Waals surface area contributed by atoms with Crippen LogP contribution in [0, 0.1) is 11.3 Å². The second kappa shape index (κ2) is 10.6. The molecule has 0 saturated heterocycles. The van der Waals surface area contributed by atoms with Crippen molar-refractivity contribution in [3.05, 3.63) is 47.1 Å². The van der Waals surface area contributed by atoms with E-state index >= 15 is 0 Å². The fourth-order valence-electron chi connectivity index (χ4n) is 5.53. The van der Waals surface area contributed by atoms with Gasteiger partial charge in [-0.3, -0.25) is 0 Å². The largest absolute Gasteiger partial charge is 0.365 e. The number of allylic oxidation sites excluding steroid dienone is 3. The van der Waals surface area contributed by atoms with Crippen LogP contribution < -0.4 is 0 Å². The smallest absolute Gasteiger partial charge is 0.183 e. The molecular weight excluding hydrogens is 392 g/mol. The van der Waals surface area contributed by atoms with Crippen LogP contribution in [0.2, 0.25) is 0 Å². The molecule has 0 radical (unpaired) electrons. The van der Waals surface area contributed by atoms with Crippen LogP contribution in [0.3, 0.4) is 0 Å². The van der Waals surface area contributed by atoms with Crippen LogP contribution in [-0.2, 0) is 9.47 Å². The van der Waals surface area contributed by atoms with Crippen molar-refractivity contribution in [2.45, 2.75) is 104 Å². The molecule has 31 heavy (non-hydrogen) atoms. The quantitative estimate of drug-likeness (QED) is 0.452. The molecule has 0 aromatic heterocycles. The van der Waals surface area contributed by atoms with E-state index in [0.29, 0.717) is 17.4 Å². The summed E-state index contributed by atoms with van der Waals surface area (Å²) in [6.07, 6.45) is 11.6. The molecule has 3 rings (SSSR count). The van der Waals surface area contributed by atoms with Crippen LogP contribution in [-0.4, -0.2) is 40.3 Å². The van der Waals surface area contributed by atoms with E-state index in [9.17, 15) is 15.3 Å². The van der Waals surface area contributed by atoms with Crippen molar-refractivity contribution in [2.75, 3.05) is 0 Å². The predicted octanol–water partition coefficient (Wildman–Crippen LogP) is 4.89. The minimum atomic E-state index is -1.18. The van der Waals surface area contributed by atoms with Crippen LogP contribution in [0.4, 0.5) is 0 Å². The number of ether oxygens (including phenoxy) is 2. The molecule has 0 bridgehead atoms. The molecule has 174 valence electrons. The van der Waals surface area contributed by atoms with Gasteiger partial charge in [0.25, 0.3) is 0 Å². The summed E-state index contributed by atoms with van der Waals surface area (Å²) >= 11 is 0. The van der Waals surface area contributed by atoms with Gasteiger partial charge in [0.1, 0.15) is 0 Å². The second-order valence-corrected chi connectivity index (χ2v) is 9.92. The van der Waals surface area contributed by atoms with Crippen molar-refractivity contribution in [2.24, 2.45) is 11.3 Å². The Morgan fingerprint density at radius 2 is 2.00 bits per heavy atom. The Labute approximate surface area is 187 Å². The van der Waals surface area contributed by atoms with Gasteiger partial charge in [-0.2, -0.15) is 0 Å². The number of hydrogen-bond acceptors (Lipinski definition) is 5. The maximum Gasteiger partial charge on any atom is 0.183 e. The zero-order valence-electron chi connectivity index (χ0n) is 19.3. The zero-order valence-corrected chi connectivity index (χ0v) is 19.3. The number of rotatable bonds is 9. The molecule has 3 aliphatic rings. The van der Waals surface area contributed by atoms with Crippen LogP contribution in [0.1, 0.15) is 78.6 Å². The van der Waals surface area contributed by atoms with Gasteiger partial charge >= 0.3 is 0 Å². The van der Waals surface area contributed by atoms with Gasteiger partial charge in [0.15, 0.2) is 18.9 Å². The number of hydrogen-bond donors (Lipinski definition) is 3. The van der Waals surface area contributed by atoms with Crippen molar-refractivity contribution < 1.29 is 24.8 Å². The highest BCUT2D eigenvalue weighted by Gasteiger charge is 2.39. The first-order valence-corrected chi connectivity index (χ1v) is 11.8. The minimum absolute atomic E-state index is 0.419. The molecule has 0 amide bonds. The predicted molar refractivity (Wildman–Crippen MR) is 122 cm³/mol. The van der Waals surface area contributed by atoms with E-state index in [1.807, 2.05) is 6.08 Å². The van der Waals surface area contributed by atoms with E-state index < -0.39 is 25.0 Å². The lowest BCUT2D eigenvalue weighted by molar-refractivity contribution is -0.163. The normalized spacial score (nSPS) is 36.5. The Morgan fingerprint density at radius 1 is 1.23 bits per heavy atom. The van der Waals surface area contributed by atoms with Gasteiger partial charge in [0.2, 0.25) is 0 Å². The SMILES string of the molecule is C=C(C)CC1(CC/C(C)=C/CCC2=CCC(C3=CC(O)OC3O)OC2O)CCC[C@H]1C. The first-order valence-electron chi connectivity index (χ1n) is 11.8. The Kier molecular flexibility index (Phi) is 8.33. The molecular formula is C26H40O5. The third kappa shape index (κ3) is 6.17.